The first-order valence-electron chi connectivity index (χ1n) is 5.58. The first kappa shape index (κ1) is 13.4. The lowest BCUT2D eigenvalue weighted by molar-refractivity contribution is -0.121. The molecule has 0 aromatic heterocycles. The molecule has 0 unspecified atom stereocenters. The van der Waals surface area contributed by atoms with Crippen LogP contribution in [0, 0.1) is 11.2 Å². The van der Waals surface area contributed by atoms with E-state index >= 15 is 0 Å². The van der Waals surface area contributed by atoms with Gasteiger partial charge in [-0.1, -0.05) is 32.9 Å². The van der Waals surface area contributed by atoms with Crippen LogP contribution in [0.25, 0.3) is 0 Å². The molecule has 0 spiro atoms. The fourth-order valence-electron chi connectivity index (χ4n) is 1.16. The maximum atomic E-state index is 12.6. The summed E-state index contributed by atoms with van der Waals surface area (Å²) in [7, 11) is 0. The number of carbonyl (C=O) groups is 1. The predicted octanol–water partition coefficient (Wildman–Crippen LogP) is 3.04. The second-order valence-corrected chi connectivity index (χ2v) is 4.95. The maximum absolute atomic E-state index is 12.6. The number of allylic oxidation sites excluding steroid dienone is 1. The van der Waals surface area contributed by atoms with Gasteiger partial charge in [0.2, 0.25) is 0 Å². The van der Waals surface area contributed by atoms with Crippen LogP contribution in [-0.2, 0) is 11.3 Å². The Morgan fingerprint density at radius 3 is 2.41 bits per heavy atom. The Morgan fingerprint density at radius 2 is 1.88 bits per heavy atom. The van der Waals surface area contributed by atoms with Gasteiger partial charge in [0, 0.05) is 18.2 Å². The Kier molecular flexibility index (Phi) is 4.44. The van der Waals surface area contributed by atoms with Gasteiger partial charge in [-0.2, -0.15) is 0 Å². The zero-order valence-corrected chi connectivity index (χ0v) is 10.5. The molecule has 0 fully saturated rings. The number of benzene rings is 1. The summed E-state index contributed by atoms with van der Waals surface area (Å²) >= 11 is 0. The molecule has 1 N–H and O–H groups in total. The van der Waals surface area contributed by atoms with Crippen molar-refractivity contribution in [1.82, 2.24) is 5.32 Å². The zero-order chi connectivity index (χ0) is 12.9. The van der Waals surface area contributed by atoms with Gasteiger partial charge >= 0.3 is 0 Å². The highest BCUT2D eigenvalue weighted by molar-refractivity contribution is 5.93. The summed E-state index contributed by atoms with van der Waals surface area (Å²) in [5, 5.41) is 3.00. The normalized spacial score (nSPS) is 11.8. The molecule has 0 bridgehead atoms. The minimum absolute atomic E-state index is 0.0732. The third kappa shape index (κ3) is 4.81. The van der Waals surface area contributed by atoms with Crippen molar-refractivity contribution in [2.24, 2.45) is 5.41 Å². The third-order valence-corrected chi connectivity index (χ3v) is 2.31. The standard InChI is InChI=1S/C14H18FNO/c1-14(2,3)13(17)8-9-16-10-11-4-6-12(15)7-5-11/h4-9,16H,10H2,1-3H3/b9-8+. The van der Waals surface area contributed by atoms with Gasteiger partial charge in [0.05, 0.1) is 0 Å². The smallest absolute Gasteiger partial charge is 0.162 e. The third-order valence-electron chi connectivity index (χ3n) is 2.31. The molecule has 0 amide bonds. The molecule has 0 atom stereocenters. The van der Waals surface area contributed by atoms with Crippen LogP contribution in [0.4, 0.5) is 4.39 Å². The van der Waals surface area contributed by atoms with Gasteiger partial charge in [-0.15, -0.1) is 0 Å². The lowest BCUT2D eigenvalue weighted by Crippen LogP contribution is -2.18. The van der Waals surface area contributed by atoms with Crippen molar-refractivity contribution < 1.29 is 9.18 Å². The van der Waals surface area contributed by atoms with Gasteiger partial charge < -0.3 is 5.32 Å². The van der Waals surface area contributed by atoms with Crippen molar-refractivity contribution in [2.45, 2.75) is 27.3 Å². The summed E-state index contributed by atoms with van der Waals surface area (Å²) in [6.07, 6.45) is 3.17. The molecule has 0 aliphatic carbocycles. The Balaban J connectivity index is 2.40. The molecular formula is C14H18FNO. The van der Waals surface area contributed by atoms with Crippen molar-refractivity contribution >= 4 is 5.78 Å². The second-order valence-electron chi connectivity index (χ2n) is 4.95. The first-order chi connectivity index (χ1) is 7.89. The van der Waals surface area contributed by atoms with E-state index in [1.54, 1.807) is 18.3 Å². The average molecular weight is 235 g/mol. The fourth-order valence-corrected chi connectivity index (χ4v) is 1.16. The monoisotopic (exact) mass is 235 g/mol. The number of hydrogen-bond donors (Lipinski definition) is 1. The average Bonchev–Trinajstić information content (AvgIpc) is 2.25. The summed E-state index contributed by atoms with van der Waals surface area (Å²) < 4.78 is 12.6. The van der Waals surface area contributed by atoms with Crippen LogP contribution in [0.15, 0.2) is 36.5 Å². The van der Waals surface area contributed by atoms with E-state index in [-0.39, 0.29) is 17.0 Å². The molecule has 0 saturated carbocycles. The molecule has 17 heavy (non-hydrogen) atoms. The van der Waals surface area contributed by atoms with Crippen LogP contribution < -0.4 is 5.32 Å². The van der Waals surface area contributed by atoms with Gasteiger partial charge in [-0.05, 0) is 23.8 Å². The zero-order valence-electron chi connectivity index (χ0n) is 10.5. The number of rotatable bonds is 4. The van der Waals surface area contributed by atoms with E-state index in [1.807, 2.05) is 20.8 Å². The van der Waals surface area contributed by atoms with Crippen molar-refractivity contribution in [1.29, 1.82) is 0 Å². The van der Waals surface area contributed by atoms with Crippen LogP contribution in [0.2, 0.25) is 0 Å². The van der Waals surface area contributed by atoms with Crippen molar-refractivity contribution in [3.63, 3.8) is 0 Å². The minimum Gasteiger partial charge on any atom is -0.387 e. The molecular weight excluding hydrogens is 217 g/mol. The number of carbonyl (C=O) groups excluding carboxylic acids is 1. The van der Waals surface area contributed by atoms with Gasteiger partial charge in [0.1, 0.15) is 5.82 Å². The summed E-state index contributed by atoms with van der Waals surface area (Å²) in [5.74, 6) is -0.170. The van der Waals surface area contributed by atoms with Crippen LogP contribution in [0.5, 0.6) is 0 Å². The van der Waals surface area contributed by atoms with Crippen LogP contribution in [0.1, 0.15) is 26.3 Å². The Hall–Kier alpha value is -1.64. The highest BCUT2D eigenvalue weighted by atomic mass is 19.1. The molecule has 0 aliphatic heterocycles. The Bertz CT molecular complexity index is 401. The van der Waals surface area contributed by atoms with E-state index in [1.165, 1.54) is 18.2 Å². The molecule has 92 valence electrons. The van der Waals surface area contributed by atoms with E-state index in [2.05, 4.69) is 5.32 Å². The van der Waals surface area contributed by atoms with Crippen LogP contribution >= 0.6 is 0 Å². The molecule has 2 nitrogen and oxygen atoms in total. The number of nitrogens with one attached hydrogen (secondary N) is 1. The molecule has 1 aromatic carbocycles. The number of hydrogen-bond acceptors (Lipinski definition) is 2. The van der Waals surface area contributed by atoms with Crippen molar-refractivity contribution in [2.75, 3.05) is 0 Å². The van der Waals surface area contributed by atoms with Crippen LogP contribution in [0.3, 0.4) is 0 Å². The van der Waals surface area contributed by atoms with E-state index in [0.717, 1.165) is 5.56 Å². The van der Waals surface area contributed by atoms with E-state index < -0.39 is 0 Å². The van der Waals surface area contributed by atoms with Gasteiger partial charge in [0.25, 0.3) is 0 Å². The Labute approximate surface area is 102 Å². The Morgan fingerprint density at radius 1 is 1.29 bits per heavy atom. The minimum atomic E-state index is -0.353. The van der Waals surface area contributed by atoms with Crippen molar-refractivity contribution in [3.8, 4) is 0 Å². The molecule has 3 heteroatoms. The van der Waals surface area contributed by atoms with Gasteiger partial charge in [0.15, 0.2) is 5.78 Å². The van der Waals surface area contributed by atoms with Gasteiger partial charge in [-0.3, -0.25) is 4.79 Å². The quantitative estimate of drug-likeness (QED) is 0.813. The van der Waals surface area contributed by atoms with Crippen LogP contribution in [-0.4, -0.2) is 5.78 Å². The lowest BCUT2D eigenvalue weighted by atomic mass is 9.91. The summed E-state index contributed by atoms with van der Waals surface area (Å²) in [6, 6.07) is 6.26. The topological polar surface area (TPSA) is 29.1 Å². The number of ketones is 1. The molecule has 0 heterocycles. The van der Waals surface area contributed by atoms with Crippen molar-refractivity contribution in [3.05, 3.63) is 47.9 Å². The van der Waals surface area contributed by atoms with Gasteiger partial charge in [-0.25, -0.2) is 4.39 Å². The highest BCUT2D eigenvalue weighted by Gasteiger charge is 2.17. The first-order valence-corrected chi connectivity index (χ1v) is 5.58. The number of halogens is 1. The largest absolute Gasteiger partial charge is 0.387 e. The molecule has 1 rings (SSSR count). The highest BCUT2D eigenvalue weighted by Crippen LogP contribution is 2.14. The predicted molar refractivity (Wildman–Crippen MR) is 66.8 cm³/mol. The van der Waals surface area contributed by atoms with E-state index in [4.69, 9.17) is 0 Å². The molecule has 0 radical (unpaired) electrons. The summed E-state index contributed by atoms with van der Waals surface area (Å²) in [6.45, 7) is 6.20. The SMILES string of the molecule is CC(C)(C)C(=O)/C=C/NCc1ccc(F)cc1. The maximum Gasteiger partial charge on any atom is 0.162 e. The van der Waals surface area contributed by atoms with E-state index in [0.29, 0.717) is 6.54 Å². The summed E-state index contributed by atoms with van der Waals surface area (Å²) in [4.78, 5) is 11.5. The lowest BCUT2D eigenvalue weighted by Gasteiger charge is -2.12. The second kappa shape index (κ2) is 5.62. The van der Waals surface area contributed by atoms with E-state index in [9.17, 15) is 9.18 Å². The fraction of sp³-hybridized carbons (Fsp3) is 0.357. The molecule has 0 aliphatic rings. The molecule has 0 saturated heterocycles. The summed E-state index contributed by atoms with van der Waals surface area (Å²) in [5.41, 5.74) is 0.618. The molecule has 1 aromatic rings.